The fourth-order valence-electron chi connectivity index (χ4n) is 1.14. The molecule has 0 aromatic rings. The van der Waals surface area contributed by atoms with Gasteiger partial charge in [0.2, 0.25) is 5.91 Å². The number of methoxy groups -OCH3 is 1. The van der Waals surface area contributed by atoms with Crippen molar-refractivity contribution < 1.29 is 9.53 Å². The Hall–Kier alpha value is -0.870. The fraction of sp³-hybridized carbons (Fsp3) is 0.700. The minimum atomic E-state index is -0.421. The molecule has 0 fully saturated rings. The second-order valence-corrected chi connectivity index (χ2v) is 3.25. The van der Waals surface area contributed by atoms with Crippen molar-refractivity contribution in [3.8, 4) is 0 Å². The Morgan fingerprint density at radius 1 is 1.71 bits per heavy atom. The molecule has 1 amide bonds. The van der Waals surface area contributed by atoms with Gasteiger partial charge in [-0.1, -0.05) is 6.08 Å². The summed E-state index contributed by atoms with van der Waals surface area (Å²) in [6, 6.07) is -0.421. The smallest absolute Gasteiger partial charge is 0.239 e. The van der Waals surface area contributed by atoms with Gasteiger partial charge in [-0.25, -0.2) is 0 Å². The first-order valence-electron chi connectivity index (χ1n) is 4.73. The lowest BCUT2D eigenvalue weighted by molar-refractivity contribution is -0.131. The van der Waals surface area contributed by atoms with E-state index in [1.54, 1.807) is 25.1 Å². The van der Waals surface area contributed by atoms with Crippen molar-refractivity contribution in [2.24, 2.45) is 5.73 Å². The maximum atomic E-state index is 11.5. The maximum Gasteiger partial charge on any atom is 0.239 e. The van der Waals surface area contributed by atoms with Crippen molar-refractivity contribution in [3.63, 3.8) is 0 Å². The van der Waals surface area contributed by atoms with E-state index >= 15 is 0 Å². The molecule has 0 saturated heterocycles. The Morgan fingerprint density at radius 3 is 2.86 bits per heavy atom. The van der Waals surface area contributed by atoms with Crippen molar-refractivity contribution in [1.29, 1.82) is 0 Å². The van der Waals surface area contributed by atoms with E-state index in [0.717, 1.165) is 6.42 Å². The summed E-state index contributed by atoms with van der Waals surface area (Å²) in [5.41, 5.74) is 5.71. The van der Waals surface area contributed by atoms with Crippen LogP contribution in [0.4, 0.5) is 0 Å². The molecule has 0 aromatic heterocycles. The average molecular weight is 200 g/mol. The lowest BCUT2D eigenvalue weighted by Crippen LogP contribution is -2.41. The lowest BCUT2D eigenvalue weighted by Gasteiger charge is -2.19. The van der Waals surface area contributed by atoms with Gasteiger partial charge in [0.15, 0.2) is 0 Å². The molecule has 0 saturated carbocycles. The molecule has 0 aliphatic rings. The van der Waals surface area contributed by atoms with Crippen molar-refractivity contribution in [1.82, 2.24) is 4.90 Å². The molecule has 4 nitrogen and oxygen atoms in total. The van der Waals surface area contributed by atoms with Gasteiger partial charge in [-0.15, -0.1) is 6.58 Å². The van der Waals surface area contributed by atoms with E-state index in [1.165, 1.54) is 0 Å². The molecule has 0 aliphatic carbocycles. The van der Waals surface area contributed by atoms with Crippen molar-refractivity contribution >= 4 is 5.91 Å². The standard InChI is InChI=1S/C10H20N2O2/c1-4-7-12(2)10(13)9(11)6-5-8-14-3/h4,9H,1,5-8,11H2,2-3H3. The van der Waals surface area contributed by atoms with Gasteiger partial charge < -0.3 is 15.4 Å². The van der Waals surface area contributed by atoms with Crippen LogP contribution in [-0.2, 0) is 9.53 Å². The lowest BCUT2D eigenvalue weighted by atomic mass is 10.1. The molecule has 1 unspecified atom stereocenters. The second kappa shape index (κ2) is 7.53. The first-order chi connectivity index (χ1) is 6.63. The number of carbonyl (C=O) groups excluding carboxylic acids is 1. The van der Waals surface area contributed by atoms with Crippen LogP contribution in [0, 0.1) is 0 Å². The number of likely N-dealkylation sites (N-methyl/N-ethyl adjacent to an activating group) is 1. The topological polar surface area (TPSA) is 55.6 Å². The predicted octanol–water partition coefficient (Wildman–Crippen LogP) is 0.385. The summed E-state index contributed by atoms with van der Waals surface area (Å²) in [6.07, 6.45) is 3.15. The number of hydrogen-bond donors (Lipinski definition) is 1. The monoisotopic (exact) mass is 200 g/mol. The van der Waals surface area contributed by atoms with E-state index in [-0.39, 0.29) is 5.91 Å². The molecule has 0 aliphatic heterocycles. The molecule has 0 aromatic carbocycles. The second-order valence-electron chi connectivity index (χ2n) is 3.25. The highest BCUT2D eigenvalue weighted by Crippen LogP contribution is 1.99. The van der Waals surface area contributed by atoms with Gasteiger partial charge >= 0.3 is 0 Å². The Kier molecular flexibility index (Phi) is 7.06. The van der Waals surface area contributed by atoms with Crippen molar-refractivity contribution in [2.45, 2.75) is 18.9 Å². The third-order valence-electron chi connectivity index (χ3n) is 1.96. The Balaban J connectivity index is 3.79. The van der Waals surface area contributed by atoms with Crippen molar-refractivity contribution in [3.05, 3.63) is 12.7 Å². The maximum absolute atomic E-state index is 11.5. The van der Waals surface area contributed by atoms with Crippen LogP contribution >= 0.6 is 0 Å². The number of nitrogens with zero attached hydrogens (tertiary/aromatic N) is 1. The van der Waals surface area contributed by atoms with E-state index in [4.69, 9.17) is 10.5 Å². The van der Waals surface area contributed by atoms with Crippen LogP contribution in [0.25, 0.3) is 0 Å². The van der Waals surface area contributed by atoms with Crippen LogP contribution in [-0.4, -0.2) is 44.2 Å². The molecule has 0 radical (unpaired) electrons. The largest absolute Gasteiger partial charge is 0.385 e. The zero-order valence-corrected chi connectivity index (χ0v) is 9.03. The third-order valence-corrected chi connectivity index (χ3v) is 1.96. The molecule has 0 rings (SSSR count). The van der Waals surface area contributed by atoms with Gasteiger partial charge in [0.05, 0.1) is 6.04 Å². The molecule has 2 N–H and O–H groups in total. The van der Waals surface area contributed by atoms with E-state index in [0.29, 0.717) is 19.6 Å². The van der Waals surface area contributed by atoms with Gasteiger partial charge in [-0.2, -0.15) is 0 Å². The number of hydrogen-bond acceptors (Lipinski definition) is 3. The number of rotatable bonds is 7. The summed E-state index contributed by atoms with van der Waals surface area (Å²) in [4.78, 5) is 13.1. The molecule has 1 atom stereocenters. The molecular formula is C10H20N2O2. The highest BCUT2D eigenvalue weighted by molar-refractivity contribution is 5.81. The summed E-state index contributed by atoms with van der Waals surface area (Å²) >= 11 is 0. The van der Waals surface area contributed by atoms with Crippen LogP contribution in [0.5, 0.6) is 0 Å². The first kappa shape index (κ1) is 13.1. The third kappa shape index (κ3) is 4.99. The summed E-state index contributed by atoms with van der Waals surface area (Å²) in [6.45, 7) is 4.75. The van der Waals surface area contributed by atoms with Gasteiger partial charge in [-0.3, -0.25) is 4.79 Å². The van der Waals surface area contributed by atoms with Crippen molar-refractivity contribution in [2.75, 3.05) is 27.3 Å². The quantitative estimate of drug-likeness (QED) is 0.477. The van der Waals surface area contributed by atoms with Crippen LogP contribution in [0.1, 0.15) is 12.8 Å². The Labute approximate surface area is 85.7 Å². The van der Waals surface area contributed by atoms with E-state index in [2.05, 4.69) is 6.58 Å². The molecule has 4 heteroatoms. The zero-order valence-electron chi connectivity index (χ0n) is 9.03. The number of ether oxygens (including phenoxy) is 1. The molecule has 82 valence electrons. The van der Waals surface area contributed by atoms with E-state index in [9.17, 15) is 4.79 Å². The summed E-state index contributed by atoms with van der Waals surface area (Å²) < 4.78 is 4.88. The predicted molar refractivity (Wildman–Crippen MR) is 56.9 cm³/mol. The summed E-state index contributed by atoms with van der Waals surface area (Å²) in [7, 11) is 3.36. The average Bonchev–Trinajstić information content (AvgIpc) is 2.17. The summed E-state index contributed by atoms with van der Waals surface area (Å²) in [5.74, 6) is -0.0407. The number of carbonyl (C=O) groups is 1. The van der Waals surface area contributed by atoms with E-state index in [1.807, 2.05) is 0 Å². The molecule has 14 heavy (non-hydrogen) atoms. The van der Waals surface area contributed by atoms with Crippen LogP contribution in [0.3, 0.4) is 0 Å². The van der Waals surface area contributed by atoms with Gasteiger partial charge in [0.25, 0.3) is 0 Å². The minimum absolute atomic E-state index is 0.0407. The van der Waals surface area contributed by atoms with E-state index < -0.39 is 6.04 Å². The zero-order chi connectivity index (χ0) is 11.0. The normalized spacial score (nSPS) is 12.2. The minimum Gasteiger partial charge on any atom is -0.385 e. The molecular weight excluding hydrogens is 180 g/mol. The van der Waals surface area contributed by atoms with Crippen LogP contribution < -0.4 is 5.73 Å². The SMILES string of the molecule is C=CCN(C)C(=O)C(N)CCCOC. The molecule has 0 heterocycles. The van der Waals surface area contributed by atoms with Gasteiger partial charge in [0.1, 0.15) is 0 Å². The Bertz CT molecular complexity index is 183. The fourth-order valence-corrected chi connectivity index (χ4v) is 1.14. The highest BCUT2D eigenvalue weighted by Gasteiger charge is 2.16. The number of amides is 1. The Morgan fingerprint density at radius 2 is 2.36 bits per heavy atom. The summed E-state index contributed by atoms with van der Waals surface area (Å²) in [5, 5.41) is 0. The van der Waals surface area contributed by atoms with Crippen LogP contribution in [0.2, 0.25) is 0 Å². The first-order valence-corrected chi connectivity index (χ1v) is 4.73. The molecule has 0 spiro atoms. The highest BCUT2D eigenvalue weighted by atomic mass is 16.5. The van der Waals surface area contributed by atoms with Gasteiger partial charge in [0, 0.05) is 27.3 Å². The van der Waals surface area contributed by atoms with Gasteiger partial charge in [-0.05, 0) is 12.8 Å². The number of nitrogens with two attached hydrogens (primary N) is 1. The molecule has 0 bridgehead atoms. The van der Waals surface area contributed by atoms with Crippen LogP contribution in [0.15, 0.2) is 12.7 Å².